The molecule has 0 aliphatic heterocycles. The lowest BCUT2D eigenvalue weighted by atomic mass is 10.1. The molecule has 2 N–H and O–H groups in total. The van der Waals surface area contributed by atoms with Gasteiger partial charge in [-0.3, -0.25) is 14.9 Å². The number of hydrogen-bond donors (Lipinski definition) is 2. The zero-order chi connectivity index (χ0) is 15.6. The number of nitrogens with one attached hydrogen (secondary N) is 1. The van der Waals surface area contributed by atoms with Crippen molar-refractivity contribution in [2.24, 2.45) is 5.92 Å². The number of aliphatic carboxylic acids is 1. The molecule has 0 saturated heterocycles. The SMILES string of the molecule is Cc1ccc(C(=O)NC(CC2CC2)C(=O)O)cc1[N+](=O)[O-]. The molecule has 112 valence electrons. The van der Waals surface area contributed by atoms with Crippen LogP contribution in [0.3, 0.4) is 0 Å². The van der Waals surface area contributed by atoms with Gasteiger partial charge in [-0.2, -0.15) is 0 Å². The van der Waals surface area contributed by atoms with Crippen LogP contribution in [-0.4, -0.2) is 27.9 Å². The van der Waals surface area contributed by atoms with Crippen molar-refractivity contribution in [2.45, 2.75) is 32.2 Å². The zero-order valence-electron chi connectivity index (χ0n) is 11.5. The van der Waals surface area contributed by atoms with Crippen LogP contribution in [0, 0.1) is 23.0 Å². The molecule has 1 aromatic carbocycles. The third-order valence-corrected chi connectivity index (χ3v) is 3.54. The molecular formula is C14H16N2O5. The van der Waals surface area contributed by atoms with E-state index in [9.17, 15) is 19.7 Å². The Morgan fingerprint density at radius 1 is 1.48 bits per heavy atom. The quantitative estimate of drug-likeness (QED) is 0.614. The molecule has 1 fully saturated rings. The number of carbonyl (C=O) groups excluding carboxylic acids is 1. The van der Waals surface area contributed by atoms with Crippen LogP contribution in [0.1, 0.15) is 35.2 Å². The number of carbonyl (C=O) groups is 2. The number of rotatable bonds is 6. The van der Waals surface area contributed by atoms with Crippen LogP contribution < -0.4 is 5.32 Å². The van der Waals surface area contributed by atoms with Gasteiger partial charge in [0.2, 0.25) is 0 Å². The van der Waals surface area contributed by atoms with Crippen molar-refractivity contribution in [3.05, 3.63) is 39.4 Å². The molecule has 1 amide bonds. The van der Waals surface area contributed by atoms with Gasteiger partial charge in [0, 0.05) is 17.2 Å². The van der Waals surface area contributed by atoms with Gasteiger partial charge in [-0.15, -0.1) is 0 Å². The number of nitro groups is 1. The van der Waals surface area contributed by atoms with Crippen LogP contribution in [0.4, 0.5) is 5.69 Å². The number of carboxylic acids is 1. The minimum atomic E-state index is -1.09. The topological polar surface area (TPSA) is 110 Å². The first-order valence-electron chi connectivity index (χ1n) is 6.67. The molecular weight excluding hydrogens is 276 g/mol. The summed E-state index contributed by atoms with van der Waals surface area (Å²) < 4.78 is 0. The molecule has 21 heavy (non-hydrogen) atoms. The Morgan fingerprint density at radius 3 is 2.67 bits per heavy atom. The molecule has 0 heterocycles. The van der Waals surface area contributed by atoms with Crippen molar-refractivity contribution >= 4 is 17.6 Å². The highest BCUT2D eigenvalue weighted by Crippen LogP contribution is 2.33. The molecule has 0 aromatic heterocycles. The first-order chi connectivity index (χ1) is 9.88. The van der Waals surface area contributed by atoms with E-state index in [-0.39, 0.29) is 11.3 Å². The summed E-state index contributed by atoms with van der Waals surface area (Å²) in [5.74, 6) is -1.35. The predicted octanol–water partition coefficient (Wildman–Crippen LogP) is 1.89. The van der Waals surface area contributed by atoms with Crippen molar-refractivity contribution in [1.29, 1.82) is 0 Å². The Labute approximate surface area is 121 Å². The Kier molecular flexibility index (Phi) is 4.21. The van der Waals surface area contributed by atoms with Gasteiger partial charge < -0.3 is 10.4 Å². The molecule has 7 nitrogen and oxygen atoms in total. The summed E-state index contributed by atoms with van der Waals surface area (Å²) in [7, 11) is 0. The van der Waals surface area contributed by atoms with Crippen LogP contribution in [0.5, 0.6) is 0 Å². The molecule has 0 radical (unpaired) electrons. The van der Waals surface area contributed by atoms with E-state index >= 15 is 0 Å². The van der Waals surface area contributed by atoms with E-state index in [1.54, 1.807) is 6.92 Å². The molecule has 0 spiro atoms. The van der Waals surface area contributed by atoms with Gasteiger partial charge in [0.25, 0.3) is 11.6 Å². The Morgan fingerprint density at radius 2 is 2.14 bits per heavy atom. The van der Waals surface area contributed by atoms with Gasteiger partial charge in [0.05, 0.1) is 4.92 Å². The van der Waals surface area contributed by atoms with Crippen LogP contribution in [0.2, 0.25) is 0 Å². The second-order valence-electron chi connectivity index (χ2n) is 5.30. The van der Waals surface area contributed by atoms with E-state index in [4.69, 9.17) is 5.11 Å². The maximum absolute atomic E-state index is 12.1. The Bertz CT molecular complexity index is 595. The monoisotopic (exact) mass is 292 g/mol. The summed E-state index contributed by atoms with van der Waals surface area (Å²) in [5.41, 5.74) is 0.385. The Hall–Kier alpha value is -2.44. The smallest absolute Gasteiger partial charge is 0.326 e. The van der Waals surface area contributed by atoms with Gasteiger partial charge in [0.15, 0.2) is 0 Å². The van der Waals surface area contributed by atoms with Crippen LogP contribution >= 0.6 is 0 Å². The van der Waals surface area contributed by atoms with Crippen molar-refractivity contribution in [2.75, 3.05) is 0 Å². The van der Waals surface area contributed by atoms with Crippen molar-refractivity contribution < 1.29 is 19.6 Å². The summed E-state index contributed by atoms with van der Waals surface area (Å²) in [6.45, 7) is 1.58. The van der Waals surface area contributed by atoms with Gasteiger partial charge >= 0.3 is 5.97 Å². The van der Waals surface area contributed by atoms with E-state index in [0.717, 1.165) is 12.8 Å². The second kappa shape index (κ2) is 5.90. The number of hydrogen-bond acceptors (Lipinski definition) is 4. The Balaban J connectivity index is 2.13. The summed E-state index contributed by atoms with van der Waals surface area (Å²) in [6, 6.07) is 3.14. The number of nitro benzene ring substituents is 1. The lowest BCUT2D eigenvalue weighted by Crippen LogP contribution is -2.41. The lowest BCUT2D eigenvalue weighted by molar-refractivity contribution is -0.385. The van der Waals surface area contributed by atoms with E-state index in [1.807, 2.05) is 0 Å². The summed E-state index contributed by atoms with van der Waals surface area (Å²) >= 11 is 0. The van der Waals surface area contributed by atoms with E-state index in [0.29, 0.717) is 17.9 Å². The van der Waals surface area contributed by atoms with Crippen molar-refractivity contribution in [3.8, 4) is 0 Å². The molecule has 7 heteroatoms. The standard InChI is InChI=1S/C14H16N2O5/c1-8-2-5-10(7-12(8)16(20)21)13(17)15-11(14(18)19)6-9-3-4-9/h2,5,7,9,11H,3-4,6H2,1H3,(H,15,17)(H,18,19). The minimum absolute atomic E-state index is 0.0920. The first kappa shape index (κ1) is 15.0. The summed E-state index contributed by atoms with van der Waals surface area (Å²) in [4.78, 5) is 33.5. The van der Waals surface area contributed by atoms with Gasteiger partial charge in [0.1, 0.15) is 6.04 Å². The molecule has 1 aliphatic rings. The second-order valence-corrected chi connectivity index (χ2v) is 5.30. The summed E-state index contributed by atoms with van der Waals surface area (Å²) in [6.07, 6.45) is 2.36. The fourth-order valence-corrected chi connectivity index (χ4v) is 2.10. The van der Waals surface area contributed by atoms with Crippen LogP contribution in [0.15, 0.2) is 18.2 Å². The molecule has 1 unspecified atom stereocenters. The maximum atomic E-state index is 12.1. The van der Waals surface area contributed by atoms with Crippen molar-refractivity contribution in [1.82, 2.24) is 5.32 Å². The average molecular weight is 292 g/mol. The largest absolute Gasteiger partial charge is 0.480 e. The normalized spacial score (nSPS) is 15.3. The fraction of sp³-hybridized carbons (Fsp3) is 0.429. The molecule has 1 atom stereocenters. The molecule has 1 saturated carbocycles. The maximum Gasteiger partial charge on any atom is 0.326 e. The fourth-order valence-electron chi connectivity index (χ4n) is 2.10. The predicted molar refractivity (Wildman–Crippen MR) is 74.1 cm³/mol. The average Bonchev–Trinajstić information content (AvgIpc) is 3.21. The van der Waals surface area contributed by atoms with Gasteiger partial charge in [-0.05, 0) is 25.3 Å². The van der Waals surface area contributed by atoms with Crippen LogP contribution in [0.25, 0.3) is 0 Å². The van der Waals surface area contributed by atoms with Gasteiger partial charge in [-0.25, -0.2) is 4.79 Å². The van der Waals surface area contributed by atoms with Gasteiger partial charge in [-0.1, -0.05) is 18.9 Å². The number of amides is 1. The molecule has 2 rings (SSSR count). The highest BCUT2D eigenvalue weighted by molar-refractivity contribution is 5.97. The first-order valence-corrected chi connectivity index (χ1v) is 6.67. The number of carboxylic acid groups (broad SMARTS) is 1. The van der Waals surface area contributed by atoms with E-state index < -0.39 is 22.8 Å². The zero-order valence-corrected chi connectivity index (χ0v) is 11.5. The third-order valence-electron chi connectivity index (χ3n) is 3.54. The van der Waals surface area contributed by atoms with Crippen molar-refractivity contribution in [3.63, 3.8) is 0 Å². The van der Waals surface area contributed by atoms with E-state index in [1.165, 1.54) is 18.2 Å². The number of nitrogens with zero attached hydrogens (tertiary/aromatic N) is 1. The molecule has 0 bridgehead atoms. The lowest BCUT2D eigenvalue weighted by Gasteiger charge is -2.14. The highest BCUT2D eigenvalue weighted by atomic mass is 16.6. The third kappa shape index (κ3) is 3.77. The summed E-state index contributed by atoms with van der Waals surface area (Å²) in [5, 5.41) is 22.4. The molecule has 1 aromatic rings. The minimum Gasteiger partial charge on any atom is -0.480 e. The number of benzene rings is 1. The number of aryl methyl sites for hydroxylation is 1. The molecule has 1 aliphatic carbocycles. The van der Waals surface area contributed by atoms with Crippen LogP contribution in [-0.2, 0) is 4.79 Å². The van der Waals surface area contributed by atoms with E-state index in [2.05, 4.69) is 5.32 Å². The highest BCUT2D eigenvalue weighted by Gasteiger charge is 2.30.